The molecular formula is C20H30N2O3. The van der Waals surface area contributed by atoms with E-state index in [2.05, 4.69) is 29.6 Å². The van der Waals surface area contributed by atoms with Crippen molar-refractivity contribution >= 4 is 11.8 Å². The minimum atomic E-state index is 0.0784. The van der Waals surface area contributed by atoms with Crippen LogP contribution in [-0.4, -0.2) is 50.1 Å². The Kier molecular flexibility index (Phi) is 7.92. The quantitative estimate of drug-likeness (QED) is 0.785. The molecule has 2 amide bonds. The summed E-state index contributed by atoms with van der Waals surface area (Å²) >= 11 is 0. The van der Waals surface area contributed by atoms with E-state index in [4.69, 9.17) is 4.74 Å². The van der Waals surface area contributed by atoms with Gasteiger partial charge < -0.3 is 15.0 Å². The molecule has 0 atom stereocenters. The van der Waals surface area contributed by atoms with Gasteiger partial charge in [0.25, 0.3) is 0 Å². The molecule has 1 aliphatic rings. The van der Waals surface area contributed by atoms with Gasteiger partial charge >= 0.3 is 0 Å². The third-order valence-corrected chi connectivity index (χ3v) is 4.86. The van der Waals surface area contributed by atoms with E-state index in [0.717, 1.165) is 38.8 Å². The lowest BCUT2D eigenvalue weighted by atomic mass is 9.89. The average Bonchev–Trinajstić information content (AvgIpc) is 2.65. The van der Waals surface area contributed by atoms with E-state index in [0.29, 0.717) is 18.9 Å². The van der Waals surface area contributed by atoms with E-state index in [1.807, 2.05) is 11.8 Å². The summed E-state index contributed by atoms with van der Waals surface area (Å²) < 4.78 is 5.21. The predicted octanol–water partition coefficient (Wildman–Crippen LogP) is 2.18. The van der Waals surface area contributed by atoms with E-state index in [-0.39, 0.29) is 18.4 Å². The van der Waals surface area contributed by atoms with Crippen molar-refractivity contribution in [3.63, 3.8) is 0 Å². The summed E-state index contributed by atoms with van der Waals surface area (Å²) in [6.45, 7) is 4.37. The van der Waals surface area contributed by atoms with Gasteiger partial charge in [0.1, 0.15) is 6.61 Å². The maximum atomic E-state index is 12.0. The lowest BCUT2D eigenvalue weighted by Gasteiger charge is -2.32. The van der Waals surface area contributed by atoms with Gasteiger partial charge in [0, 0.05) is 33.2 Å². The maximum Gasteiger partial charge on any atom is 0.248 e. The Morgan fingerprint density at radius 3 is 2.40 bits per heavy atom. The lowest BCUT2D eigenvalue weighted by Crippen LogP contribution is -2.40. The summed E-state index contributed by atoms with van der Waals surface area (Å²) in [5, 5.41) is 2.65. The molecule has 0 unspecified atom stereocenters. The highest BCUT2D eigenvalue weighted by Gasteiger charge is 2.22. The van der Waals surface area contributed by atoms with Gasteiger partial charge in [-0.05, 0) is 49.7 Å². The van der Waals surface area contributed by atoms with Crippen LogP contribution in [0.4, 0.5) is 0 Å². The number of hydrogen-bond acceptors (Lipinski definition) is 3. The molecule has 1 aliphatic heterocycles. The first kappa shape index (κ1) is 19.4. The summed E-state index contributed by atoms with van der Waals surface area (Å²) in [5.41, 5.74) is 2.53. The Morgan fingerprint density at radius 1 is 1.16 bits per heavy atom. The number of amides is 2. The molecule has 1 heterocycles. The highest BCUT2D eigenvalue weighted by atomic mass is 16.5. The van der Waals surface area contributed by atoms with E-state index < -0.39 is 0 Å². The molecule has 0 radical (unpaired) electrons. The van der Waals surface area contributed by atoms with Gasteiger partial charge in [0.05, 0.1) is 0 Å². The molecule has 1 saturated heterocycles. The predicted molar refractivity (Wildman–Crippen MR) is 98.3 cm³/mol. The van der Waals surface area contributed by atoms with E-state index in [9.17, 15) is 9.59 Å². The van der Waals surface area contributed by atoms with Gasteiger partial charge in [-0.25, -0.2) is 0 Å². The van der Waals surface area contributed by atoms with Gasteiger partial charge in [0.2, 0.25) is 11.8 Å². The summed E-state index contributed by atoms with van der Waals surface area (Å²) in [5.74, 6) is 0.823. The first-order valence-corrected chi connectivity index (χ1v) is 9.26. The van der Waals surface area contributed by atoms with Crippen molar-refractivity contribution in [3.05, 3.63) is 35.4 Å². The number of carbonyl (C=O) groups excluding carboxylic acids is 2. The van der Waals surface area contributed by atoms with Gasteiger partial charge in [0.15, 0.2) is 0 Å². The zero-order valence-corrected chi connectivity index (χ0v) is 15.4. The average molecular weight is 346 g/mol. The van der Waals surface area contributed by atoms with Crippen molar-refractivity contribution in [1.29, 1.82) is 0 Å². The second-order valence-corrected chi connectivity index (χ2v) is 6.66. The molecule has 0 saturated carbocycles. The first-order chi connectivity index (χ1) is 12.1. The molecular weight excluding hydrogens is 316 g/mol. The molecule has 1 aromatic carbocycles. The number of aryl methyl sites for hydroxylation is 1. The number of rotatable bonds is 8. The molecule has 2 rings (SSSR count). The third-order valence-electron chi connectivity index (χ3n) is 4.86. The first-order valence-electron chi connectivity index (χ1n) is 9.26. The Labute approximate surface area is 150 Å². The smallest absolute Gasteiger partial charge is 0.248 e. The minimum absolute atomic E-state index is 0.0784. The van der Waals surface area contributed by atoms with Crippen molar-refractivity contribution in [1.82, 2.24) is 10.2 Å². The fourth-order valence-electron chi connectivity index (χ4n) is 3.23. The molecule has 25 heavy (non-hydrogen) atoms. The van der Waals surface area contributed by atoms with E-state index in [1.54, 1.807) is 7.05 Å². The second-order valence-electron chi connectivity index (χ2n) is 6.66. The lowest BCUT2D eigenvalue weighted by molar-refractivity contribution is -0.137. The molecule has 5 heteroatoms. The fraction of sp³-hybridized carbons (Fsp3) is 0.600. The van der Waals surface area contributed by atoms with E-state index >= 15 is 0 Å². The molecule has 1 N–H and O–H groups in total. The van der Waals surface area contributed by atoms with Crippen LogP contribution in [0.25, 0.3) is 0 Å². The fourth-order valence-corrected chi connectivity index (χ4v) is 3.23. The van der Waals surface area contributed by atoms with Crippen LogP contribution in [-0.2, 0) is 27.2 Å². The van der Waals surface area contributed by atoms with Gasteiger partial charge in [-0.15, -0.1) is 0 Å². The van der Waals surface area contributed by atoms with Crippen molar-refractivity contribution in [2.24, 2.45) is 5.92 Å². The Balaban J connectivity index is 1.74. The molecule has 138 valence electrons. The monoisotopic (exact) mass is 346 g/mol. The molecule has 1 aromatic rings. The second kappa shape index (κ2) is 10.2. The number of ether oxygens (including phenoxy) is 1. The Morgan fingerprint density at radius 2 is 1.80 bits per heavy atom. The van der Waals surface area contributed by atoms with Crippen LogP contribution in [0, 0.1) is 5.92 Å². The highest BCUT2D eigenvalue weighted by molar-refractivity contribution is 5.77. The number of hydrogen-bond donors (Lipinski definition) is 1. The summed E-state index contributed by atoms with van der Waals surface area (Å²) in [7, 11) is 1.67. The van der Waals surface area contributed by atoms with Crippen LogP contribution in [0.5, 0.6) is 0 Å². The number of piperidine rings is 1. The molecule has 5 nitrogen and oxygen atoms in total. The molecule has 0 aliphatic carbocycles. The number of nitrogens with one attached hydrogen (secondary N) is 1. The molecule has 1 fully saturated rings. The minimum Gasteiger partial charge on any atom is -0.372 e. The Hall–Kier alpha value is -1.88. The van der Waals surface area contributed by atoms with Crippen LogP contribution in [0.3, 0.4) is 0 Å². The maximum absolute atomic E-state index is 12.0. The topological polar surface area (TPSA) is 58.6 Å². The number of carbonyl (C=O) groups is 2. The zero-order valence-electron chi connectivity index (χ0n) is 15.4. The van der Waals surface area contributed by atoms with Crippen LogP contribution < -0.4 is 5.32 Å². The zero-order chi connectivity index (χ0) is 18.1. The SMILES string of the molecule is CCOCC(=O)N1CCC(Cc2ccc(CCC(=O)NC)cc2)CC1. The largest absolute Gasteiger partial charge is 0.372 e. The van der Waals surface area contributed by atoms with Gasteiger partial charge in [-0.3, -0.25) is 9.59 Å². The van der Waals surface area contributed by atoms with Crippen molar-refractivity contribution < 1.29 is 14.3 Å². The van der Waals surface area contributed by atoms with E-state index in [1.165, 1.54) is 11.1 Å². The molecule has 0 bridgehead atoms. The van der Waals surface area contributed by atoms with Gasteiger partial charge in [-0.1, -0.05) is 24.3 Å². The molecule has 0 aromatic heterocycles. The molecule has 0 spiro atoms. The number of likely N-dealkylation sites (tertiary alicyclic amines) is 1. The van der Waals surface area contributed by atoms with Crippen LogP contribution in [0.1, 0.15) is 37.3 Å². The van der Waals surface area contributed by atoms with Crippen LogP contribution >= 0.6 is 0 Å². The van der Waals surface area contributed by atoms with Crippen molar-refractivity contribution in [3.8, 4) is 0 Å². The van der Waals surface area contributed by atoms with Crippen LogP contribution in [0.15, 0.2) is 24.3 Å². The van der Waals surface area contributed by atoms with Crippen molar-refractivity contribution in [2.45, 2.75) is 39.0 Å². The highest BCUT2D eigenvalue weighted by Crippen LogP contribution is 2.22. The number of nitrogens with zero attached hydrogens (tertiary/aromatic N) is 1. The third kappa shape index (κ3) is 6.50. The summed E-state index contributed by atoms with van der Waals surface area (Å²) in [6.07, 6.45) is 4.47. The normalized spacial score (nSPS) is 15.2. The number of benzene rings is 1. The summed E-state index contributed by atoms with van der Waals surface area (Å²) in [4.78, 5) is 25.2. The van der Waals surface area contributed by atoms with Gasteiger partial charge in [-0.2, -0.15) is 0 Å². The summed E-state index contributed by atoms with van der Waals surface area (Å²) in [6, 6.07) is 8.59. The van der Waals surface area contributed by atoms with Crippen LogP contribution in [0.2, 0.25) is 0 Å². The Bertz CT molecular complexity index is 549. The standard InChI is InChI=1S/C20H30N2O3/c1-3-25-15-20(24)22-12-10-18(11-13-22)14-17-6-4-16(5-7-17)8-9-19(23)21-2/h4-7,18H,3,8-15H2,1-2H3,(H,21,23). The van der Waals surface area contributed by atoms with Crippen molar-refractivity contribution in [2.75, 3.05) is 33.4 Å².